The third kappa shape index (κ3) is 4.58. The van der Waals surface area contributed by atoms with Gasteiger partial charge < -0.3 is 9.26 Å². The third-order valence-corrected chi connectivity index (χ3v) is 4.47. The predicted octanol–water partition coefficient (Wildman–Crippen LogP) is 1.05. The molecule has 1 aromatic heterocycles. The molecule has 3 rings (SSSR count). The zero-order valence-electron chi connectivity index (χ0n) is 12.4. The molecule has 9 heteroatoms. The Hall–Kier alpha value is -1.81. The topological polar surface area (TPSA) is 106 Å². The van der Waals surface area contributed by atoms with E-state index in [-0.39, 0.29) is 25.0 Å². The molecule has 8 nitrogen and oxygen atoms in total. The lowest BCUT2D eigenvalue weighted by molar-refractivity contribution is 0.0835. The van der Waals surface area contributed by atoms with Crippen molar-refractivity contribution in [1.82, 2.24) is 19.6 Å². The van der Waals surface area contributed by atoms with E-state index in [1.54, 1.807) is 0 Å². The third-order valence-electron chi connectivity index (χ3n) is 3.42. The van der Waals surface area contributed by atoms with E-state index in [9.17, 15) is 8.42 Å². The first-order valence-corrected chi connectivity index (χ1v) is 8.83. The van der Waals surface area contributed by atoms with E-state index in [1.807, 2.05) is 30.3 Å². The Bertz CT molecular complexity index is 726. The number of aromatic nitrogens is 2. The smallest absolute Gasteiger partial charge is 0.277 e. The fraction of sp³-hybridized carbons (Fsp3) is 0.429. The summed E-state index contributed by atoms with van der Waals surface area (Å²) in [6, 6.07) is 9.26. The molecule has 0 saturated carbocycles. The second kappa shape index (κ2) is 7.18. The average molecular weight is 338 g/mol. The maximum absolute atomic E-state index is 11.9. The summed E-state index contributed by atoms with van der Waals surface area (Å²) in [7, 11) is -3.64. The van der Waals surface area contributed by atoms with Crippen LogP contribution in [-0.4, -0.2) is 25.2 Å². The zero-order valence-corrected chi connectivity index (χ0v) is 13.3. The van der Waals surface area contributed by atoms with Crippen LogP contribution in [0.4, 0.5) is 0 Å². The van der Waals surface area contributed by atoms with Gasteiger partial charge in [0.15, 0.2) is 5.82 Å². The summed E-state index contributed by atoms with van der Waals surface area (Å²) < 4.78 is 39.2. The van der Waals surface area contributed by atoms with E-state index in [4.69, 9.17) is 9.26 Å². The lowest BCUT2D eigenvalue weighted by Gasteiger charge is -2.06. The van der Waals surface area contributed by atoms with Crippen LogP contribution in [0.2, 0.25) is 0 Å². The summed E-state index contributed by atoms with van der Waals surface area (Å²) in [4.78, 5) is 4.16. The number of rotatable bonds is 7. The number of nitrogens with zero attached hydrogens (tertiary/aromatic N) is 2. The minimum Gasteiger partial charge on any atom is -0.368 e. The van der Waals surface area contributed by atoms with Crippen LogP contribution in [0.3, 0.4) is 0 Å². The van der Waals surface area contributed by atoms with Crippen molar-refractivity contribution < 1.29 is 17.7 Å². The maximum Gasteiger partial charge on any atom is 0.277 e. The van der Waals surface area contributed by atoms with Gasteiger partial charge in [-0.3, -0.25) is 0 Å². The van der Waals surface area contributed by atoms with E-state index >= 15 is 0 Å². The van der Waals surface area contributed by atoms with Crippen LogP contribution >= 0.6 is 0 Å². The molecule has 1 atom stereocenters. The summed E-state index contributed by atoms with van der Waals surface area (Å²) in [5.74, 6) is 0.675. The van der Waals surface area contributed by atoms with Gasteiger partial charge in [0.25, 0.3) is 16.1 Å². The molecule has 23 heavy (non-hydrogen) atoms. The first-order chi connectivity index (χ1) is 11.1. The van der Waals surface area contributed by atoms with Crippen molar-refractivity contribution in [3.05, 3.63) is 47.6 Å². The van der Waals surface area contributed by atoms with Gasteiger partial charge in [0.05, 0.1) is 6.54 Å². The average Bonchev–Trinajstić information content (AvgIpc) is 3.23. The first kappa shape index (κ1) is 16.1. The molecule has 0 bridgehead atoms. The molecule has 0 aliphatic carbocycles. The summed E-state index contributed by atoms with van der Waals surface area (Å²) in [5.41, 5.74) is 0.873. The van der Waals surface area contributed by atoms with E-state index in [0.717, 1.165) is 18.4 Å². The highest BCUT2D eigenvalue weighted by molar-refractivity contribution is 7.87. The number of hydrogen-bond donors (Lipinski definition) is 2. The lowest BCUT2D eigenvalue weighted by atomic mass is 10.2. The fourth-order valence-corrected chi connectivity index (χ4v) is 3.01. The Balaban J connectivity index is 1.50. The number of nitrogens with one attached hydrogen (secondary N) is 2. The van der Waals surface area contributed by atoms with Crippen LogP contribution in [0.15, 0.2) is 34.9 Å². The molecule has 1 saturated heterocycles. The highest BCUT2D eigenvalue weighted by atomic mass is 32.2. The minimum absolute atomic E-state index is 0.0413. The van der Waals surface area contributed by atoms with Crippen LogP contribution in [0.1, 0.15) is 36.2 Å². The highest BCUT2D eigenvalue weighted by Crippen LogP contribution is 2.26. The number of benzene rings is 1. The maximum atomic E-state index is 11.9. The van der Waals surface area contributed by atoms with Gasteiger partial charge >= 0.3 is 0 Å². The second-order valence-electron chi connectivity index (χ2n) is 5.18. The van der Waals surface area contributed by atoms with E-state index < -0.39 is 10.2 Å². The fourth-order valence-electron chi connectivity index (χ4n) is 2.23. The molecule has 0 radical (unpaired) electrons. The molecule has 0 spiro atoms. The molecule has 2 aromatic rings. The molecule has 124 valence electrons. The van der Waals surface area contributed by atoms with Crippen molar-refractivity contribution in [2.75, 3.05) is 6.61 Å². The van der Waals surface area contributed by atoms with Gasteiger partial charge in [-0.15, -0.1) is 0 Å². The SMILES string of the molecule is O=S(=O)(NCc1ccccc1)NCc1noc([C@@H]2CCCO2)n1. The van der Waals surface area contributed by atoms with Gasteiger partial charge in [0.1, 0.15) is 6.10 Å². The Morgan fingerprint density at radius 1 is 1.17 bits per heavy atom. The molecule has 1 aliphatic heterocycles. The Morgan fingerprint density at radius 3 is 2.70 bits per heavy atom. The van der Waals surface area contributed by atoms with Crippen LogP contribution in [0, 0.1) is 0 Å². The second-order valence-corrected chi connectivity index (χ2v) is 6.77. The normalized spacial score (nSPS) is 18.3. The molecule has 2 N–H and O–H groups in total. The zero-order chi connectivity index (χ0) is 16.1. The van der Waals surface area contributed by atoms with Crippen molar-refractivity contribution >= 4 is 10.2 Å². The molecule has 0 unspecified atom stereocenters. The Morgan fingerprint density at radius 2 is 1.96 bits per heavy atom. The van der Waals surface area contributed by atoms with E-state index in [0.29, 0.717) is 12.5 Å². The van der Waals surface area contributed by atoms with Crippen LogP contribution in [-0.2, 0) is 28.0 Å². The highest BCUT2D eigenvalue weighted by Gasteiger charge is 2.24. The molecule has 0 amide bonds. The minimum atomic E-state index is -3.64. The van der Waals surface area contributed by atoms with E-state index in [1.165, 1.54) is 0 Å². The molecule has 2 heterocycles. The van der Waals surface area contributed by atoms with Gasteiger partial charge in [0.2, 0.25) is 0 Å². The summed E-state index contributed by atoms with van der Waals surface area (Å²) in [6.07, 6.45) is 1.62. The summed E-state index contributed by atoms with van der Waals surface area (Å²) in [5, 5.41) is 3.76. The van der Waals surface area contributed by atoms with Crippen molar-refractivity contribution in [3.8, 4) is 0 Å². The molecule has 1 aliphatic rings. The van der Waals surface area contributed by atoms with Gasteiger partial charge in [-0.1, -0.05) is 35.5 Å². The lowest BCUT2D eigenvalue weighted by Crippen LogP contribution is -2.35. The van der Waals surface area contributed by atoms with Gasteiger partial charge in [-0.2, -0.15) is 22.8 Å². The quantitative estimate of drug-likeness (QED) is 0.781. The standard InChI is InChI=1S/C14H18N4O4S/c19-23(20,15-9-11-5-2-1-3-6-11)16-10-13-17-14(22-18-13)12-7-4-8-21-12/h1-3,5-6,12,15-16H,4,7-10H2/t12-/m0/s1. The monoisotopic (exact) mass is 338 g/mol. The van der Waals surface area contributed by atoms with Crippen LogP contribution in [0.25, 0.3) is 0 Å². The molecule has 1 aromatic carbocycles. The molecular weight excluding hydrogens is 320 g/mol. The van der Waals surface area contributed by atoms with Gasteiger partial charge in [-0.25, -0.2) is 0 Å². The first-order valence-electron chi connectivity index (χ1n) is 7.35. The molecule has 1 fully saturated rings. The summed E-state index contributed by atoms with van der Waals surface area (Å²) in [6.45, 7) is 0.850. The molecular formula is C14H18N4O4S. The largest absolute Gasteiger partial charge is 0.368 e. The van der Waals surface area contributed by atoms with Crippen molar-refractivity contribution in [2.24, 2.45) is 0 Å². The van der Waals surface area contributed by atoms with Crippen molar-refractivity contribution in [2.45, 2.75) is 32.0 Å². The van der Waals surface area contributed by atoms with Crippen LogP contribution in [0.5, 0.6) is 0 Å². The van der Waals surface area contributed by atoms with Gasteiger partial charge in [0, 0.05) is 13.2 Å². The number of ether oxygens (including phenoxy) is 1. The van der Waals surface area contributed by atoms with Crippen LogP contribution < -0.4 is 9.44 Å². The Labute approximate surface area is 134 Å². The van der Waals surface area contributed by atoms with Crippen molar-refractivity contribution in [1.29, 1.82) is 0 Å². The Kier molecular flexibility index (Phi) is 5.01. The van der Waals surface area contributed by atoms with Gasteiger partial charge in [-0.05, 0) is 18.4 Å². The predicted molar refractivity (Wildman–Crippen MR) is 81.3 cm³/mol. The number of hydrogen-bond acceptors (Lipinski definition) is 6. The van der Waals surface area contributed by atoms with E-state index in [2.05, 4.69) is 19.6 Å². The van der Waals surface area contributed by atoms with Crippen molar-refractivity contribution in [3.63, 3.8) is 0 Å². The summed E-state index contributed by atoms with van der Waals surface area (Å²) >= 11 is 0.